The SMILES string of the molecule is CC1CCN(CCCNS(=O)(=O)c2ccn[nH]2)CC1. The lowest BCUT2D eigenvalue weighted by Gasteiger charge is -2.30. The molecule has 19 heavy (non-hydrogen) atoms. The predicted molar refractivity (Wildman–Crippen MR) is 73.2 cm³/mol. The summed E-state index contributed by atoms with van der Waals surface area (Å²) in [7, 11) is -3.42. The van der Waals surface area contributed by atoms with Crippen LogP contribution >= 0.6 is 0 Å². The predicted octanol–water partition coefficient (Wildman–Crippen LogP) is 0.810. The Balaban J connectivity index is 1.67. The lowest BCUT2D eigenvalue weighted by molar-refractivity contribution is 0.191. The summed E-state index contributed by atoms with van der Waals surface area (Å²) in [5.41, 5.74) is 0. The zero-order chi connectivity index (χ0) is 13.7. The maximum atomic E-state index is 11.8. The molecule has 1 aromatic heterocycles. The minimum Gasteiger partial charge on any atom is -0.303 e. The third-order valence-corrected chi connectivity index (χ3v) is 4.97. The molecule has 7 heteroatoms. The first-order valence-corrected chi connectivity index (χ1v) is 8.27. The minimum absolute atomic E-state index is 0.124. The van der Waals surface area contributed by atoms with Gasteiger partial charge in [-0.05, 0) is 50.9 Å². The third kappa shape index (κ3) is 4.29. The molecule has 0 amide bonds. The van der Waals surface area contributed by atoms with Crippen molar-refractivity contribution in [3.63, 3.8) is 0 Å². The molecule has 1 aromatic rings. The van der Waals surface area contributed by atoms with Gasteiger partial charge in [-0.25, -0.2) is 13.1 Å². The zero-order valence-electron chi connectivity index (χ0n) is 11.3. The minimum atomic E-state index is -3.42. The summed E-state index contributed by atoms with van der Waals surface area (Å²) in [6.07, 6.45) is 4.77. The molecule has 0 bridgehead atoms. The summed E-state index contributed by atoms with van der Waals surface area (Å²) in [6, 6.07) is 1.45. The van der Waals surface area contributed by atoms with E-state index in [0.717, 1.165) is 32.0 Å². The van der Waals surface area contributed by atoms with Crippen molar-refractivity contribution in [1.29, 1.82) is 0 Å². The molecule has 2 N–H and O–H groups in total. The maximum absolute atomic E-state index is 11.8. The molecule has 1 saturated heterocycles. The number of sulfonamides is 1. The van der Waals surface area contributed by atoms with E-state index in [1.807, 2.05) is 0 Å². The topological polar surface area (TPSA) is 78.1 Å². The van der Waals surface area contributed by atoms with Crippen molar-refractivity contribution in [2.45, 2.75) is 31.2 Å². The first-order valence-electron chi connectivity index (χ1n) is 6.79. The van der Waals surface area contributed by atoms with E-state index in [1.165, 1.54) is 25.1 Å². The first-order chi connectivity index (χ1) is 9.08. The highest BCUT2D eigenvalue weighted by Gasteiger charge is 2.16. The normalized spacial score (nSPS) is 18.8. The Labute approximate surface area is 114 Å². The van der Waals surface area contributed by atoms with Crippen LogP contribution in [0, 0.1) is 5.92 Å². The van der Waals surface area contributed by atoms with Crippen LogP contribution in [0.5, 0.6) is 0 Å². The molecule has 0 aromatic carbocycles. The second-order valence-electron chi connectivity index (χ2n) is 5.20. The Hall–Kier alpha value is -0.920. The van der Waals surface area contributed by atoms with Gasteiger partial charge in [0.15, 0.2) is 5.03 Å². The second kappa shape index (κ2) is 6.49. The summed E-state index contributed by atoms with van der Waals surface area (Å²) in [4.78, 5) is 2.41. The van der Waals surface area contributed by atoms with E-state index >= 15 is 0 Å². The molecule has 1 aliphatic rings. The number of likely N-dealkylation sites (tertiary alicyclic amines) is 1. The number of hydrogen-bond donors (Lipinski definition) is 2. The van der Waals surface area contributed by atoms with Crippen LogP contribution in [0.4, 0.5) is 0 Å². The Morgan fingerprint density at radius 3 is 2.84 bits per heavy atom. The fourth-order valence-corrected chi connectivity index (χ4v) is 3.25. The number of nitrogens with one attached hydrogen (secondary N) is 2. The highest BCUT2D eigenvalue weighted by atomic mass is 32.2. The standard InChI is InChI=1S/C12H22N4O2S/c1-11-4-9-16(10-5-11)8-2-6-14-19(17,18)12-3-7-13-15-12/h3,7,11,14H,2,4-6,8-10H2,1H3,(H,13,15). The molecule has 2 heterocycles. The van der Waals surface area contributed by atoms with Gasteiger partial charge in [-0.3, -0.25) is 5.10 Å². The van der Waals surface area contributed by atoms with E-state index in [4.69, 9.17) is 0 Å². The first kappa shape index (κ1) is 14.5. The number of piperidine rings is 1. The molecule has 0 saturated carbocycles. The maximum Gasteiger partial charge on any atom is 0.257 e. The van der Waals surface area contributed by atoms with Crippen molar-refractivity contribution in [3.05, 3.63) is 12.3 Å². The van der Waals surface area contributed by atoms with Crippen LogP contribution in [0.1, 0.15) is 26.2 Å². The average molecular weight is 286 g/mol. The summed E-state index contributed by atoms with van der Waals surface area (Å²) in [6.45, 7) is 5.98. The number of aromatic amines is 1. The van der Waals surface area contributed by atoms with Crippen LogP contribution in [0.3, 0.4) is 0 Å². The molecule has 108 valence electrons. The lowest BCUT2D eigenvalue weighted by atomic mass is 9.99. The molecule has 0 spiro atoms. The molecule has 6 nitrogen and oxygen atoms in total. The molecule has 0 unspecified atom stereocenters. The summed E-state index contributed by atoms with van der Waals surface area (Å²) in [5.74, 6) is 0.829. The fourth-order valence-electron chi connectivity index (χ4n) is 2.27. The van der Waals surface area contributed by atoms with Gasteiger partial charge in [0.2, 0.25) is 0 Å². The Bertz CT molecular complexity index is 464. The third-order valence-electron chi connectivity index (χ3n) is 3.58. The van der Waals surface area contributed by atoms with Crippen molar-refractivity contribution < 1.29 is 8.42 Å². The summed E-state index contributed by atoms with van der Waals surface area (Å²) < 4.78 is 26.2. The van der Waals surface area contributed by atoms with Crippen LogP contribution in [0.2, 0.25) is 0 Å². The fraction of sp³-hybridized carbons (Fsp3) is 0.750. The number of aromatic nitrogens is 2. The highest BCUT2D eigenvalue weighted by Crippen LogP contribution is 2.15. The monoisotopic (exact) mass is 286 g/mol. The molecular weight excluding hydrogens is 264 g/mol. The molecular formula is C12H22N4O2S. The van der Waals surface area contributed by atoms with Crippen LogP contribution < -0.4 is 4.72 Å². The van der Waals surface area contributed by atoms with E-state index < -0.39 is 10.0 Å². The van der Waals surface area contributed by atoms with Crippen LogP contribution in [0.25, 0.3) is 0 Å². The number of nitrogens with zero attached hydrogens (tertiary/aromatic N) is 2. The largest absolute Gasteiger partial charge is 0.303 e. The van der Waals surface area contributed by atoms with Gasteiger partial charge in [-0.2, -0.15) is 5.10 Å². The molecule has 1 fully saturated rings. The van der Waals surface area contributed by atoms with Crippen molar-refractivity contribution in [3.8, 4) is 0 Å². The van der Waals surface area contributed by atoms with Gasteiger partial charge in [0, 0.05) is 6.54 Å². The lowest BCUT2D eigenvalue weighted by Crippen LogP contribution is -2.35. The van der Waals surface area contributed by atoms with Gasteiger partial charge in [-0.1, -0.05) is 6.92 Å². The Morgan fingerprint density at radius 2 is 2.21 bits per heavy atom. The summed E-state index contributed by atoms with van der Waals surface area (Å²) in [5, 5.41) is 6.23. The van der Waals surface area contributed by atoms with E-state index in [2.05, 4.69) is 26.7 Å². The van der Waals surface area contributed by atoms with Crippen molar-refractivity contribution in [2.24, 2.45) is 5.92 Å². The second-order valence-corrected chi connectivity index (χ2v) is 6.93. The average Bonchev–Trinajstić information content (AvgIpc) is 2.91. The van der Waals surface area contributed by atoms with Crippen molar-refractivity contribution >= 4 is 10.0 Å². The van der Waals surface area contributed by atoms with E-state index in [9.17, 15) is 8.42 Å². The van der Waals surface area contributed by atoms with E-state index in [-0.39, 0.29) is 5.03 Å². The highest BCUT2D eigenvalue weighted by molar-refractivity contribution is 7.89. The van der Waals surface area contributed by atoms with Crippen molar-refractivity contribution in [1.82, 2.24) is 19.8 Å². The zero-order valence-corrected chi connectivity index (χ0v) is 12.1. The Kier molecular flexibility index (Phi) is 4.95. The molecule has 2 rings (SSSR count). The van der Waals surface area contributed by atoms with Gasteiger partial charge in [0.1, 0.15) is 0 Å². The molecule has 0 radical (unpaired) electrons. The Morgan fingerprint density at radius 1 is 1.47 bits per heavy atom. The van der Waals surface area contributed by atoms with Gasteiger partial charge < -0.3 is 4.90 Å². The molecule has 1 aliphatic heterocycles. The van der Waals surface area contributed by atoms with Crippen molar-refractivity contribution in [2.75, 3.05) is 26.2 Å². The van der Waals surface area contributed by atoms with Crippen LogP contribution in [-0.4, -0.2) is 49.7 Å². The number of rotatable bonds is 6. The molecule has 0 atom stereocenters. The van der Waals surface area contributed by atoms with E-state index in [0.29, 0.717) is 6.54 Å². The van der Waals surface area contributed by atoms with E-state index in [1.54, 1.807) is 0 Å². The number of H-pyrrole nitrogens is 1. The van der Waals surface area contributed by atoms with Crippen LogP contribution in [-0.2, 0) is 10.0 Å². The van der Waals surface area contributed by atoms with Gasteiger partial charge in [0.05, 0.1) is 6.20 Å². The quantitative estimate of drug-likeness (QED) is 0.759. The van der Waals surface area contributed by atoms with Gasteiger partial charge >= 0.3 is 0 Å². The number of hydrogen-bond acceptors (Lipinski definition) is 4. The van der Waals surface area contributed by atoms with Gasteiger partial charge in [0.25, 0.3) is 10.0 Å². The smallest absolute Gasteiger partial charge is 0.257 e. The van der Waals surface area contributed by atoms with Crippen LogP contribution in [0.15, 0.2) is 17.3 Å². The molecule has 0 aliphatic carbocycles. The summed E-state index contributed by atoms with van der Waals surface area (Å²) >= 11 is 0. The van der Waals surface area contributed by atoms with Gasteiger partial charge in [-0.15, -0.1) is 0 Å².